The number of carbonyl (C=O) groups is 1. The number of allylic oxidation sites excluding steroid dienone is 5. The summed E-state index contributed by atoms with van der Waals surface area (Å²) in [5.41, 5.74) is 5.45. The number of benzene rings is 2. The van der Waals surface area contributed by atoms with Crippen LogP contribution in [0, 0.1) is 6.92 Å². The minimum atomic E-state index is -3.92. The van der Waals surface area contributed by atoms with Crippen LogP contribution in [0.25, 0.3) is 5.57 Å². The second kappa shape index (κ2) is 11.7. The first-order chi connectivity index (χ1) is 13.9. The number of Topliss-reactive ketones (excluding diaryl/α,β-unsaturated/α-hetero) is 1. The molecule has 5 nitrogen and oxygen atoms in total. The predicted molar refractivity (Wildman–Crippen MR) is 124 cm³/mol. The van der Waals surface area contributed by atoms with Crippen molar-refractivity contribution < 1.29 is 52.4 Å². The number of aromatic hydroxyl groups is 1. The van der Waals surface area contributed by atoms with E-state index < -0.39 is 10.1 Å². The smallest absolute Gasteiger partial charge is 0.748 e. The fourth-order valence-corrected chi connectivity index (χ4v) is 3.98. The first-order valence-corrected chi connectivity index (χ1v) is 12.1. The molecule has 0 radical (unpaired) electrons. The van der Waals surface area contributed by atoms with Crippen molar-refractivity contribution in [3.8, 4) is 5.75 Å². The second-order valence-corrected chi connectivity index (χ2v) is 9.79. The first kappa shape index (κ1) is 28.0. The van der Waals surface area contributed by atoms with Crippen LogP contribution in [0.3, 0.4) is 0 Å². The van der Waals surface area contributed by atoms with Crippen LogP contribution in [0.4, 0.5) is 0 Å². The molecule has 1 N–H and O–H groups in total. The van der Waals surface area contributed by atoms with E-state index >= 15 is 0 Å². The third-order valence-electron chi connectivity index (χ3n) is 4.12. The van der Waals surface area contributed by atoms with Gasteiger partial charge in [-0.3, -0.25) is 4.79 Å². The standard InChI is InChI=1S/C21H16Br2O2.CH4O3S.Na/c1-12-8-15(10-17(22)20(12)24)19(14-6-4-3-5-7-14)16-9-13(2)21(25)18(23)11-16;1-5(2,3)4;/h3-11,24H,1-2H3;1H3,(H,2,3,4);/q;;+1/p-1/b19-16-;;. The Morgan fingerprint density at radius 2 is 1.55 bits per heavy atom. The van der Waals surface area contributed by atoms with Crippen molar-refractivity contribution in [2.75, 3.05) is 6.26 Å². The molecule has 0 unspecified atom stereocenters. The predicted octanol–water partition coefficient (Wildman–Crippen LogP) is 2.24. The zero-order chi connectivity index (χ0) is 22.6. The Balaban J connectivity index is 0.000000721. The number of halogens is 2. The van der Waals surface area contributed by atoms with Gasteiger partial charge in [0.05, 0.1) is 19.1 Å². The zero-order valence-electron chi connectivity index (χ0n) is 17.4. The molecule has 1 aliphatic rings. The molecule has 0 aliphatic heterocycles. The number of aryl methyl sites for hydroxylation is 1. The average molecular weight is 578 g/mol. The number of ketones is 1. The first-order valence-electron chi connectivity index (χ1n) is 8.68. The van der Waals surface area contributed by atoms with Crippen molar-refractivity contribution in [2.45, 2.75) is 13.8 Å². The molecule has 158 valence electrons. The number of rotatable bonds is 2. The van der Waals surface area contributed by atoms with Crippen LogP contribution >= 0.6 is 31.9 Å². The van der Waals surface area contributed by atoms with E-state index in [9.17, 15) is 9.90 Å². The van der Waals surface area contributed by atoms with Crippen molar-refractivity contribution in [3.63, 3.8) is 0 Å². The van der Waals surface area contributed by atoms with Crippen LogP contribution in [-0.4, -0.2) is 30.1 Å². The Hall–Kier alpha value is -1.000. The van der Waals surface area contributed by atoms with E-state index in [2.05, 4.69) is 31.9 Å². The van der Waals surface area contributed by atoms with Crippen molar-refractivity contribution >= 4 is 53.3 Å². The zero-order valence-corrected chi connectivity index (χ0v) is 23.4. The maximum Gasteiger partial charge on any atom is 1.00 e. The Morgan fingerprint density at radius 1 is 1.00 bits per heavy atom. The Bertz CT molecular complexity index is 1130. The van der Waals surface area contributed by atoms with Crippen molar-refractivity contribution in [1.29, 1.82) is 0 Å². The van der Waals surface area contributed by atoms with Gasteiger partial charge in [-0.2, -0.15) is 0 Å². The minimum absolute atomic E-state index is 0. The fraction of sp³-hybridized carbons (Fsp3) is 0.136. The summed E-state index contributed by atoms with van der Waals surface area (Å²) < 4.78 is 28.4. The third kappa shape index (κ3) is 8.13. The van der Waals surface area contributed by atoms with Gasteiger partial charge in [0.25, 0.3) is 0 Å². The summed E-state index contributed by atoms with van der Waals surface area (Å²) in [7, 11) is -3.92. The average Bonchev–Trinajstić information content (AvgIpc) is 2.64. The maximum atomic E-state index is 12.1. The van der Waals surface area contributed by atoms with Crippen LogP contribution in [0.5, 0.6) is 5.75 Å². The molecule has 2 aromatic carbocycles. The Labute approximate surface area is 221 Å². The quantitative estimate of drug-likeness (QED) is 0.436. The van der Waals surface area contributed by atoms with E-state index in [0.29, 0.717) is 20.8 Å². The second-order valence-electron chi connectivity index (χ2n) is 6.67. The largest absolute Gasteiger partial charge is 1.00 e. The maximum absolute atomic E-state index is 12.1. The van der Waals surface area contributed by atoms with Crippen molar-refractivity contribution in [2.24, 2.45) is 0 Å². The number of hydrogen-bond acceptors (Lipinski definition) is 5. The van der Waals surface area contributed by atoms with E-state index in [-0.39, 0.29) is 41.1 Å². The summed E-state index contributed by atoms with van der Waals surface area (Å²) in [6.07, 6.45) is 4.37. The number of phenols is 1. The van der Waals surface area contributed by atoms with E-state index in [1.807, 2.05) is 68.5 Å². The van der Waals surface area contributed by atoms with Gasteiger partial charge < -0.3 is 9.66 Å². The van der Waals surface area contributed by atoms with Gasteiger partial charge in [0.2, 0.25) is 0 Å². The summed E-state index contributed by atoms with van der Waals surface area (Å²) >= 11 is 6.80. The van der Waals surface area contributed by atoms with E-state index in [1.165, 1.54) is 0 Å². The molecular formula is C22H19Br2NaO5S. The normalized spacial score (nSPS) is 15.1. The van der Waals surface area contributed by atoms with Gasteiger partial charge in [0.15, 0.2) is 5.78 Å². The van der Waals surface area contributed by atoms with Gasteiger partial charge in [-0.25, -0.2) is 8.42 Å². The topological polar surface area (TPSA) is 94.5 Å². The number of phenolic OH excluding ortho intramolecular Hbond substituents is 1. The minimum Gasteiger partial charge on any atom is -0.748 e. The third-order valence-corrected chi connectivity index (χ3v) is 5.32. The molecule has 0 atom stereocenters. The van der Waals surface area contributed by atoms with Crippen LogP contribution < -0.4 is 29.6 Å². The van der Waals surface area contributed by atoms with Gasteiger partial charge in [0.1, 0.15) is 5.75 Å². The molecule has 0 saturated heterocycles. The van der Waals surface area contributed by atoms with Crippen LogP contribution in [0.2, 0.25) is 0 Å². The molecule has 1 aliphatic carbocycles. The Morgan fingerprint density at radius 3 is 2.03 bits per heavy atom. The molecule has 0 bridgehead atoms. The molecule has 0 aromatic heterocycles. The van der Waals surface area contributed by atoms with Crippen LogP contribution in [-0.2, 0) is 14.9 Å². The van der Waals surface area contributed by atoms with Crippen molar-refractivity contribution in [1.82, 2.24) is 0 Å². The molecule has 3 rings (SSSR count). The van der Waals surface area contributed by atoms with E-state index in [1.54, 1.807) is 0 Å². The summed E-state index contributed by atoms with van der Waals surface area (Å²) in [4.78, 5) is 12.1. The molecule has 0 amide bonds. The summed E-state index contributed by atoms with van der Waals surface area (Å²) in [5.74, 6) is 0.239. The van der Waals surface area contributed by atoms with E-state index in [0.717, 1.165) is 27.8 Å². The van der Waals surface area contributed by atoms with Gasteiger partial charge >= 0.3 is 29.6 Å². The molecule has 2 aromatic rings. The summed E-state index contributed by atoms with van der Waals surface area (Å²) in [6.45, 7) is 3.69. The van der Waals surface area contributed by atoms with Crippen molar-refractivity contribution in [3.05, 3.63) is 91.4 Å². The van der Waals surface area contributed by atoms with Gasteiger partial charge in [0, 0.05) is 6.26 Å². The van der Waals surface area contributed by atoms with Crippen LogP contribution in [0.15, 0.2) is 74.7 Å². The summed E-state index contributed by atoms with van der Waals surface area (Å²) in [6, 6.07) is 13.9. The van der Waals surface area contributed by atoms with Gasteiger partial charge in [-0.1, -0.05) is 30.3 Å². The number of hydrogen-bond donors (Lipinski definition) is 1. The molecular weight excluding hydrogens is 559 g/mol. The molecule has 31 heavy (non-hydrogen) atoms. The molecule has 9 heteroatoms. The summed E-state index contributed by atoms with van der Waals surface area (Å²) in [5, 5.41) is 10.1. The fourth-order valence-electron chi connectivity index (χ4n) is 2.86. The Kier molecular flexibility index (Phi) is 10.6. The van der Waals surface area contributed by atoms with Gasteiger partial charge in [-0.05, 0) is 103 Å². The molecule has 0 heterocycles. The van der Waals surface area contributed by atoms with Gasteiger partial charge in [-0.15, -0.1) is 0 Å². The monoisotopic (exact) mass is 576 g/mol. The van der Waals surface area contributed by atoms with E-state index in [4.69, 9.17) is 13.0 Å². The molecule has 0 saturated carbocycles. The molecule has 0 fully saturated rings. The van der Waals surface area contributed by atoms with Crippen LogP contribution in [0.1, 0.15) is 23.6 Å². The number of carbonyl (C=O) groups excluding carboxylic acids is 1. The SMILES string of the molecule is CC1=C/C(=C(\c2ccccc2)c2cc(C)c(O)c(Br)c2)C=C(Br)C1=O.CS(=O)(=O)[O-].[Na+]. The molecule has 0 spiro atoms.